The Morgan fingerprint density at radius 2 is 1.62 bits per heavy atom. The summed E-state index contributed by atoms with van der Waals surface area (Å²) in [5, 5.41) is 7.44. The lowest BCUT2D eigenvalue weighted by Gasteiger charge is -2.02. The highest BCUT2D eigenvalue weighted by Crippen LogP contribution is 2.31. The van der Waals surface area contributed by atoms with Crippen LogP contribution in [0.4, 0.5) is 10.1 Å². The van der Waals surface area contributed by atoms with Crippen molar-refractivity contribution in [2.75, 3.05) is 5.73 Å². The van der Waals surface area contributed by atoms with E-state index < -0.39 is 0 Å². The van der Waals surface area contributed by atoms with Crippen molar-refractivity contribution in [3.63, 3.8) is 0 Å². The van der Waals surface area contributed by atoms with Crippen LogP contribution in [0.1, 0.15) is 0 Å². The maximum absolute atomic E-state index is 13.4. The van der Waals surface area contributed by atoms with Crippen molar-refractivity contribution in [1.82, 2.24) is 35.1 Å². The third-order valence-corrected chi connectivity index (χ3v) is 5.24. The van der Waals surface area contributed by atoms with Crippen LogP contribution >= 0.6 is 0 Å². The minimum Gasteiger partial charge on any atom is -0.397 e. The van der Waals surface area contributed by atoms with Crippen LogP contribution in [0.25, 0.3) is 56.0 Å². The van der Waals surface area contributed by atoms with Crippen LogP contribution in [-0.4, -0.2) is 35.1 Å². The highest BCUT2D eigenvalue weighted by molar-refractivity contribution is 5.95. The van der Waals surface area contributed by atoms with Crippen molar-refractivity contribution in [2.24, 2.45) is 0 Å². The zero-order chi connectivity index (χ0) is 21.7. The van der Waals surface area contributed by atoms with Crippen LogP contribution in [0.15, 0.2) is 67.3 Å². The Kier molecular flexibility index (Phi) is 3.94. The van der Waals surface area contributed by atoms with Gasteiger partial charge in [-0.15, -0.1) is 0 Å². The average Bonchev–Trinajstić information content (AvgIpc) is 3.43. The second-order valence-corrected chi connectivity index (χ2v) is 7.35. The van der Waals surface area contributed by atoms with Crippen molar-refractivity contribution in [3.05, 3.63) is 73.1 Å². The molecule has 8 nitrogen and oxygen atoms in total. The van der Waals surface area contributed by atoms with Gasteiger partial charge in [0.15, 0.2) is 11.5 Å². The maximum Gasteiger partial charge on any atom is 0.161 e. The molecular formula is C23H15FN8. The van der Waals surface area contributed by atoms with Gasteiger partial charge in [0, 0.05) is 29.7 Å². The molecule has 0 aliphatic rings. The molecule has 0 amide bonds. The van der Waals surface area contributed by atoms with E-state index in [1.807, 2.05) is 18.2 Å². The van der Waals surface area contributed by atoms with Gasteiger partial charge in [-0.3, -0.25) is 15.1 Å². The Labute approximate surface area is 180 Å². The van der Waals surface area contributed by atoms with E-state index in [9.17, 15) is 4.39 Å². The number of H-pyrrole nitrogens is 2. The van der Waals surface area contributed by atoms with Crippen LogP contribution in [0.3, 0.4) is 0 Å². The van der Waals surface area contributed by atoms with Gasteiger partial charge in [-0.25, -0.2) is 14.4 Å². The zero-order valence-electron chi connectivity index (χ0n) is 16.5. The lowest BCUT2D eigenvalue weighted by Crippen LogP contribution is -1.90. The first-order valence-corrected chi connectivity index (χ1v) is 9.82. The fourth-order valence-corrected chi connectivity index (χ4v) is 3.71. The molecule has 5 aromatic heterocycles. The van der Waals surface area contributed by atoms with Crippen molar-refractivity contribution in [2.45, 2.75) is 0 Å². The summed E-state index contributed by atoms with van der Waals surface area (Å²) in [6, 6.07) is 11.9. The minimum atomic E-state index is -0.295. The summed E-state index contributed by atoms with van der Waals surface area (Å²) in [6.45, 7) is 0. The number of hydrogen-bond acceptors (Lipinski definition) is 6. The SMILES string of the molecule is Nc1cncc(-c2ccc3[nH]nc(-c4nc5c(-c6ccc(F)cc6)cncc5[nH]4)c3n2)c1. The third kappa shape index (κ3) is 2.95. The number of nitrogens with one attached hydrogen (secondary N) is 2. The molecule has 9 heteroatoms. The van der Waals surface area contributed by atoms with Crippen molar-refractivity contribution in [1.29, 1.82) is 0 Å². The van der Waals surface area contributed by atoms with Gasteiger partial charge in [0.05, 0.1) is 34.1 Å². The molecule has 0 saturated heterocycles. The van der Waals surface area contributed by atoms with Gasteiger partial charge in [0.2, 0.25) is 0 Å². The predicted molar refractivity (Wildman–Crippen MR) is 120 cm³/mol. The quantitative estimate of drug-likeness (QED) is 0.390. The van der Waals surface area contributed by atoms with E-state index in [1.54, 1.807) is 36.9 Å². The second-order valence-electron chi connectivity index (χ2n) is 7.35. The summed E-state index contributed by atoms with van der Waals surface area (Å²) >= 11 is 0. The van der Waals surface area contributed by atoms with E-state index in [0.717, 1.165) is 33.4 Å². The number of nitrogens with two attached hydrogens (primary N) is 1. The molecule has 0 bridgehead atoms. The summed E-state index contributed by atoms with van der Waals surface area (Å²) < 4.78 is 13.4. The molecular weight excluding hydrogens is 407 g/mol. The van der Waals surface area contributed by atoms with Crippen molar-refractivity contribution < 1.29 is 4.39 Å². The average molecular weight is 422 g/mol. The topological polar surface area (TPSA) is 122 Å². The molecule has 154 valence electrons. The number of aromatic amines is 2. The molecule has 0 atom stereocenters. The molecule has 4 N–H and O–H groups in total. The zero-order valence-corrected chi connectivity index (χ0v) is 16.5. The van der Waals surface area contributed by atoms with E-state index in [-0.39, 0.29) is 5.82 Å². The molecule has 0 saturated carbocycles. The molecule has 0 aliphatic carbocycles. The van der Waals surface area contributed by atoms with Gasteiger partial charge < -0.3 is 10.7 Å². The van der Waals surface area contributed by atoms with Gasteiger partial charge in [-0.2, -0.15) is 5.10 Å². The van der Waals surface area contributed by atoms with Gasteiger partial charge in [-0.1, -0.05) is 12.1 Å². The summed E-state index contributed by atoms with van der Waals surface area (Å²) in [5.74, 6) is 0.259. The largest absolute Gasteiger partial charge is 0.397 e. The number of fused-ring (bicyclic) bond motifs is 2. The minimum absolute atomic E-state index is 0.295. The Balaban J connectivity index is 1.50. The Hall–Kier alpha value is -4.66. The first-order chi connectivity index (χ1) is 15.7. The predicted octanol–water partition coefficient (Wildman–Crippen LogP) is 4.35. The number of aromatic nitrogens is 7. The van der Waals surface area contributed by atoms with Crippen LogP contribution in [0.5, 0.6) is 0 Å². The molecule has 0 radical (unpaired) electrons. The summed E-state index contributed by atoms with van der Waals surface area (Å²) in [6.07, 6.45) is 6.72. The molecule has 0 unspecified atom stereocenters. The van der Waals surface area contributed by atoms with Crippen LogP contribution < -0.4 is 5.73 Å². The number of halogens is 1. The summed E-state index contributed by atoms with van der Waals surface area (Å²) in [4.78, 5) is 21.3. The number of nitrogens with zero attached hydrogens (tertiary/aromatic N) is 5. The number of nitrogen functional groups attached to an aromatic ring is 1. The van der Waals surface area contributed by atoms with Gasteiger partial charge >= 0.3 is 0 Å². The molecule has 1 aromatic carbocycles. The van der Waals surface area contributed by atoms with Gasteiger partial charge in [0.25, 0.3) is 0 Å². The number of anilines is 1. The molecule has 6 aromatic rings. The fourth-order valence-electron chi connectivity index (χ4n) is 3.71. The van der Waals surface area contributed by atoms with Crippen molar-refractivity contribution >= 4 is 27.8 Å². The smallest absolute Gasteiger partial charge is 0.161 e. The highest BCUT2D eigenvalue weighted by atomic mass is 19.1. The first-order valence-electron chi connectivity index (χ1n) is 9.82. The molecule has 6 rings (SSSR count). The number of hydrogen-bond donors (Lipinski definition) is 3. The van der Waals surface area contributed by atoms with E-state index >= 15 is 0 Å². The second kappa shape index (κ2) is 6.95. The third-order valence-electron chi connectivity index (χ3n) is 5.24. The molecule has 0 spiro atoms. The normalized spacial score (nSPS) is 11.4. The lowest BCUT2D eigenvalue weighted by molar-refractivity contribution is 0.628. The van der Waals surface area contributed by atoms with Gasteiger partial charge in [-0.05, 0) is 35.9 Å². The summed E-state index contributed by atoms with van der Waals surface area (Å²) in [5.41, 5.74) is 13.1. The van der Waals surface area contributed by atoms with Crippen LogP contribution in [0, 0.1) is 5.82 Å². The standard InChI is InChI=1S/C23H15FN8/c24-14-3-1-12(2-4-14)16-10-27-11-19-20(16)30-23(29-19)22-21-18(31-32-22)6-5-17(28-21)13-7-15(25)9-26-8-13/h1-11H,25H2,(H,29,30)(H,31,32). The number of rotatable bonds is 3. The molecule has 5 heterocycles. The Bertz CT molecular complexity index is 1600. The monoisotopic (exact) mass is 422 g/mol. The van der Waals surface area contributed by atoms with E-state index in [0.29, 0.717) is 28.2 Å². The first kappa shape index (κ1) is 18.1. The molecule has 32 heavy (non-hydrogen) atoms. The van der Waals surface area contributed by atoms with E-state index in [1.165, 1.54) is 12.1 Å². The Morgan fingerprint density at radius 3 is 2.47 bits per heavy atom. The van der Waals surface area contributed by atoms with Crippen LogP contribution in [0.2, 0.25) is 0 Å². The maximum atomic E-state index is 13.4. The fraction of sp³-hybridized carbons (Fsp3) is 0. The number of pyridine rings is 3. The lowest BCUT2D eigenvalue weighted by atomic mass is 10.1. The van der Waals surface area contributed by atoms with E-state index in [2.05, 4.69) is 25.1 Å². The van der Waals surface area contributed by atoms with Crippen molar-refractivity contribution in [3.8, 4) is 33.9 Å². The highest BCUT2D eigenvalue weighted by Gasteiger charge is 2.17. The van der Waals surface area contributed by atoms with E-state index in [4.69, 9.17) is 15.7 Å². The molecule has 0 fully saturated rings. The molecule has 0 aliphatic heterocycles. The Morgan fingerprint density at radius 1 is 0.781 bits per heavy atom. The number of benzene rings is 1. The van der Waals surface area contributed by atoms with Crippen LogP contribution in [-0.2, 0) is 0 Å². The summed E-state index contributed by atoms with van der Waals surface area (Å²) in [7, 11) is 0. The number of imidazole rings is 1. The van der Waals surface area contributed by atoms with Gasteiger partial charge in [0.1, 0.15) is 11.3 Å².